The topological polar surface area (TPSA) is 38.3 Å². The molecule has 164 valence electrons. The largest absolute Gasteiger partial charge is 0.417 e. The minimum Gasteiger partial charge on any atom is -0.410 e. The van der Waals surface area contributed by atoms with Crippen molar-refractivity contribution in [2.75, 3.05) is 5.32 Å². The van der Waals surface area contributed by atoms with E-state index in [2.05, 4.69) is 37.4 Å². The maximum absolute atomic E-state index is 12.5. The molecule has 0 fully saturated rings. The van der Waals surface area contributed by atoms with Crippen molar-refractivity contribution in [1.82, 2.24) is 0 Å². The van der Waals surface area contributed by atoms with Crippen molar-refractivity contribution in [3.05, 3.63) is 58.7 Å². The van der Waals surface area contributed by atoms with Crippen molar-refractivity contribution in [3.8, 4) is 5.75 Å². The van der Waals surface area contributed by atoms with Crippen molar-refractivity contribution >= 4 is 11.8 Å². The van der Waals surface area contributed by atoms with Gasteiger partial charge in [0, 0.05) is 5.69 Å². The number of nitrogens with one attached hydrogen (secondary N) is 1. The summed E-state index contributed by atoms with van der Waals surface area (Å²) in [5, 5.41) is 2.89. The van der Waals surface area contributed by atoms with Gasteiger partial charge in [-0.1, -0.05) is 82.2 Å². The zero-order chi connectivity index (χ0) is 21.8. The van der Waals surface area contributed by atoms with E-state index in [9.17, 15) is 4.79 Å². The molecule has 2 aromatic carbocycles. The van der Waals surface area contributed by atoms with Crippen molar-refractivity contribution < 1.29 is 9.53 Å². The van der Waals surface area contributed by atoms with Crippen molar-refractivity contribution in [2.45, 2.75) is 91.9 Å². The Labute approximate surface area is 183 Å². The summed E-state index contributed by atoms with van der Waals surface area (Å²) in [6, 6.07) is 12.3. The molecule has 3 nitrogen and oxygen atoms in total. The van der Waals surface area contributed by atoms with Gasteiger partial charge in [0.05, 0.1) is 0 Å². The van der Waals surface area contributed by atoms with Crippen molar-refractivity contribution in [2.24, 2.45) is 0 Å². The number of carbonyl (C=O) groups excluding carboxylic acids is 1. The Morgan fingerprint density at radius 2 is 1.53 bits per heavy atom. The van der Waals surface area contributed by atoms with Gasteiger partial charge in [0.2, 0.25) is 0 Å². The van der Waals surface area contributed by atoms with E-state index in [0.29, 0.717) is 5.75 Å². The van der Waals surface area contributed by atoms with Crippen molar-refractivity contribution in [1.29, 1.82) is 0 Å². The molecule has 0 aliphatic heterocycles. The van der Waals surface area contributed by atoms with Crippen LogP contribution in [0.2, 0.25) is 0 Å². The smallest absolute Gasteiger partial charge is 0.410 e. The highest BCUT2D eigenvalue weighted by molar-refractivity contribution is 5.87. The molecule has 0 saturated carbocycles. The molecule has 0 radical (unpaired) electrons. The highest BCUT2D eigenvalue weighted by Crippen LogP contribution is 2.25. The molecule has 0 aliphatic carbocycles. The number of unbranched alkanes of at least 4 members (excludes halogenated alkanes) is 6. The minimum absolute atomic E-state index is 0.424. The van der Waals surface area contributed by atoms with E-state index in [1.54, 1.807) is 0 Å². The van der Waals surface area contributed by atoms with Crippen LogP contribution < -0.4 is 10.1 Å². The third-order valence-corrected chi connectivity index (χ3v) is 5.56. The lowest BCUT2D eigenvalue weighted by atomic mass is 9.99. The fraction of sp³-hybridized carbons (Fsp3) is 0.519. The number of amides is 1. The first-order valence-electron chi connectivity index (χ1n) is 11.7. The summed E-state index contributed by atoms with van der Waals surface area (Å²) in [6.45, 7) is 8.51. The Morgan fingerprint density at radius 3 is 2.20 bits per heavy atom. The zero-order valence-corrected chi connectivity index (χ0v) is 19.4. The number of benzene rings is 2. The molecule has 30 heavy (non-hydrogen) atoms. The number of hydrogen-bond acceptors (Lipinski definition) is 2. The minimum atomic E-state index is -0.424. The summed E-state index contributed by atoms with van der Waals surface area (Å²) < 4.78 is 5.74. The van der Waals surface area contributed by atoms with E-state index in [-0.39, 0.29) is 0 Å². The summed E-state index contributed by atoms with van der Waals surface area (Å²) >= 11 is 0. The maximum atomic E-state index is 12.5. The molecule has 3 heteroatoms. The lowest BCUT2D eigenvalue weighted by Gasteiger charge is -2.14. The monoisotopic (exact) mass is 409 g/mol. The molecule has 0 bridgehead atoms. The normalized spacial score (nSPS) is 10.8. The lowest BCUT2D eigenvalue weighted by molar-refractivity contribution is 0.214. The number of rotatable bonds is 12. The van der Waals surface area contributed by atoms with E-state index < -0.39 is 6.09 Å². The molecule has 0 spiro atoms. The van der Waals surface area contributed by atoms with E-state index in [0.717, 1.165) is 36.1 Å². The summed E-state index contributed by atoms with van der Waals surface area (Å²) in [7, 11) is 0. The third kappa shape index (κ3) is 8.22. The van der Waals surface area contributed by atoms with E-state index in [1.165, 1.54) is 56.1 Å². The quantitative estimate of drug-likeness (QED) is 0.359. The summed E-state index contributed by atoms with van der Waals surface area (Å²) in [5.74, 6) is 0.686. The number of anilines is 1. The van der Waals surface area contributed by atoms with Crippen molar-refractivity contribution in [3.63, 3.8) is 0 Å². The van der Waals surface area contributed by atoms with Crippen LogP contribution in [0.15, 0.2) is 36.4 Å². The zero-order valence-electron chi connectivity index (χ0n) is 19.4. The summed E-state index contributed by atoms with van der Waals surface area (Å²) in [5.41, 5.74) is 5.50. The Hall–Kier alpha value is -2.29. The van der Waals surface area contributed by atoms with Crippen LogP contribution in [0.4, 0.5) is 10.5 Å². The number of hydrogen-bond donors (Lipinski definition) is 1. The molecule has 0 saturated heterocycles. The van der Waals surface area contributed by atoms with Crippen LogP contribution in [-0.2, 0) is 12.8 Å². The van der Waals surface area contributed by atoms with Crippen LogP contribution in [0.25, 0.3) is 0 Å². The van der Waals surface area contributed by atoms with Gasteiger partial charge in [0.1, 0.15) is 5.75 Å². The highest BCUT2D eigenvalue weighted by atomic mass is 16.6. The van der Waals surface area contributed by atoms with Crippen LogP contribution in [0.5, 0.6) is 5.75 Å². The van der Waals surface area contributed by atoms with Gasteiger partial charge in [-0.15, -0.1) is 0 Å². The second-order valence-corrected chi connectivity index (χ2v) is 8.40. The molecular formula is C27H39NO2. The molecular weight excluding hydrogens is 370 g/mol. The molecule has 0 aliphatic rings. The molecule has 1 N–H and O–H groups in total. The van der Waals surface area contributed by atoms with Gasteiger partial charge in [-0.25, -0.2) is 4.79 Å². The second-order valence-electron chi connectivity index (χ2n) is 8.40. The Bertz CT molecular complexity index is 797. The van der Waals surface area contributed by atoms with Gasteiger partial charge < -0.3 is 4.74 Å². The summed E-state index contributed by atoms with van der Waals surface area (Å²) in [4.78, 5) is 12.5. The first-order valence-corrected chi connectivity index (χ1v) is 11.7. The van der Waals surface area contributed by atoms with E-state index >= 15 is 0 Å². The fourth-order valence-electron chi connectivity index (χ4n) is 3.77. The van der Waals surface area contributed by atoms with Gasteiger partial charge in [0.15, 0.2) is 0 Å². The van der Waals surface area contributed by atoms with Crippen LogP contribution in [0.1, 0.15) is 87.5 Å². The lowest BCUT2D eigenvalue weighted by Crippen LogP contribution is -2.18. The van der Waals surface area contributed by atoms with Gasteiger partial charge in [-0.2, -0.15) is 0 Å². The molecule has 0 heterocycles. The second kappa shape index (κ2) is 13.1. The molecule has 1 amide bonds. The average Bonchev–Trinajstić information content (AvgIpc) is 2.72. The SMILES string of the molecule is CCCCCCc1ccc(OC(=O)Nc2ccc(C)cc2C)c(CCCCCC)c1. The van der Waals surface area contributed by atoms with Gasteiger partial charge in [-0.05, 0) is 68.4 Å². The number of aryl methyl sites for hydroxylation is 4. The maximum Gasteiger partial charge on any atom is 0.417 e. The van der Waals surface area contributed by atoms with Gasteiger partial charge in [-0.3, -0.25) is 5.32 Å². The summed E-state index contributed by atoms with van der Waals surface area (Å²) in [6.07, 6.45) is 11.5. The average molecular weight is 410 g/mol. The molecule has 2 rings (SSSR count). The van der Waals surface area contributed by atoms with E-state index in [4.69, 9.17) is 4.74 Å². The first-order chi connectivity index (χ1) is 14.5. The fourth-order valence-corrected chi connectivity index (χ4v) is 3.77. The van der Waals surface area contributed by atoms with Crippen LogP contribution >= 0.6 is 0 Å². The molecule has 0 aromatic heterocycles. The molecule has 0 unspecified atom stereocenters. The molecule has 2 aromatic rings. The van der Waals surface area contributed by atoms with Crippen LogP contribution in [0, 0.1) is 13.8 Å². The van der Waals surface area contributed by atoms with E-state index in [1.807, 2.05) is 32.0 Å². The van der Waals surface area contributed by atoms with Gasteiger partial charge >= 0.3 is 6.09 Å². The standard InChI is InChI=1S/C27H39NO2/c1-5-7-9-11-13-23-16-18-26(24(20-23)14-12-10-8-6-2)30-27(29)28-25-17-15-21(3)19-22(25)4/h15-20H,5-14H2,1-4H3,(H,28,29). The van der Waals surface area contributed by atoms with Gasteiger partial charge in [0.25, 0.3) is 0 Å². The predicted octanol–water partition coefficient (Wildman–Crippen LogP) is 8.16. The number of carbonyl (C=O) groups is 1. The Kier molecular flexibility index (Phi) is 10.5. The predicted molar refractivity (Wildman–Crippen MR) is 128 cm³/mol. The van der Waals surface area contributed by atoms with Crippen LogP contribution in [0.3, 0.4) is 0 Å². The first kappa shape index (κ1) is 24.0. The molecule has 0 atom stereocenters. The highest BCUT2D eigenvalue weighted by Gasteiger charge is 2.12. The number of ether oxygens (including phenoxy) is 1. The third-order valence-electron chi connectivity index (χ3n) is 5.56. The Balaban J connectivity index is 2.06. The Morgan fingerprint density at radius 1 is 0.833 bits per heavy atom. The van der Waals surface area contributed by atoms with Crippen LogP contribution in [-0.4, -0.2) is 6.09 Å².